The Labute approximate surface area is 131 Å². The molecule has 0 aliphatic rings. The number of aromatic amines is 1. The number of benzene rings is 1. The Balaban J connectivity index is 0.00000112. The average Bonchev–Trinajstić information content (AvgIpc) is 2.48. The Kier molecular flexibility index (Phi) is 4.30. The predicted molar refractivity (Wildman–Crippen MR) is 49.8 cm³/mol. The Morgan fingerprint density at radius 1 is 1.27 bits per heavy atom. The second-order valence-electron chi connectivity index (χ2n) is 2.87. The van der Waals surface area contributed by atoms with E-state index in [4.69, 9.17) is 11.6 Å². The van der Waals surface area contributed by atoms with E-state index in [-0.39, 0.29) is 61.8 Å². The summed E-state index contributed by atoms with van der Waals surface area (Å²) in [6.07, 6.45) is 1.13. The maximum atomic E-state index is 12.6. The summed E-state index contributed by atoms with van der Waals surface area (Å²) in [4.78, 5) is 0. The van der Waals surface area contributed by atoms with Crippen molar-refractivity contribution in [3.8, 4) is 0 Å². The van der Waals surface area contributed by atoms with Gasteiger partial charge in [0.15, 0.2) is 0 Å². The molecule has 2 rings (SSSR count). The fraction of sp³-hybridized carbons (Fsp3) is 0. The van der Waals surface area contributed by atoms with Gasteiger partial charge in [0.05, 0.1) is 11.7 Å². The van der Waals surface area contributed by atoms with Crippen LogP contribution in [0.2, 0.25) is 5.02 Å². The van der Waals surface area contributed by atoms with E-state index in [9.17, 15) is 12.9 Å². The predicted octanol–water partition coefficient (Wildman–Crippen LogP) is -0.725. The zero-order chi connectivity index (χ0) is 10.3. The Bertz CT molecular complexity index is 485. The van der Waals surface area contributed by atoms with Gasteiger partial charge in [-0.15, -0.1) is 0 Å². The first-order chi connectivity index (χ1) is 6.50. The van der Waals surface area contributed by atoms with Crippen LogP contribution in [0, 0.1) is 0 Å². The molecule has 2 aromatic rings. The van der Waals surface area contributed by atoms with Crippen molar-refractivity contribution >= 4 is 34.9 Å². The molecule has 0 spiro atoms. The van der Waals surface area contributed by atoms with E-state index in [0.717, 1.165) is 6.20 Å². The first kappa shape index (κ1) is 13.5. The molecule has 0 amide bonds. The Hall–Kier alpha value is 0.471. The summed E-state index contributed by atoms with van der Waals surface area (Å²) in [6, 6.07) is 2.68. The molecule has 0 aliphatic heterocycles. The normalized spacial score (nSPS) is 11.5. The first-order valence-corrected chi connectivity index (χ1v) is 4.19. The molecule has 1 aromatic carbocycles. The van der Waals surface area contributed by atoms with Crippen molar-refractivity contribution in [3.63, 3.8) is 0 Å². The van der Waals surface area contributed by atoms with E-state index >= 15 is 0 Å². The van der Waals surface area contributed by atoms with Crippen molar-refractivity contribution in [2.45, 2.75) is 0 Å². The minimum absolute atomic E-state index is 0. The van der Waals surface area contributed by atoms with Crippen LogP contribution < -0.4 is 56.8 Å². The maximum absolute atomic E-state index is 12.6. The summed E-state index contributed by atoms with van der Waals surface area (Å²) in [5.74, 6) is 0. The summed E-state index contributed by atoms with van der Waals surface area (Å²) in [7, 11) is 0. The molecular weight excluding hydrogens is 254 g/mol. The summed E-state index contributed by atoms with van der Waals surface area (Å²) in [5.41, 5.74) is -0.443. The fourth-order valence-electron chi connectivity index (χ4n) is 1.35. The molecule has 0 bridgehead atoms. The van der Waals surface area contributed by atoms with Crippen molar-refractivity contribution in [2.24, 2.45) is 0 Å². The van der Waals surface area contributed by atoms with Gasteiger partial charge in [0.25, 0.3) is 0 Å². The monoisotopic (exact) mass is 258 g/mol. The minimum atomic E-state index is -5.11. The zero-order valence-electron chi connectivity index (χ0n) is 7.77. The summed E-state index contributed by atoms with van der Waals surface area (Å²) >= 11 is 5.50. The first-order valence-electron chi connectivity index (χ1n) is 3.81. The van der Waals surface area contributed by atoms with Gasteiger partial charge in [-0.3, -0.25) is 5.10 Å². The van der Waals surface area contributed by atoms with E-state index in [1.165, 1.54) is 12.1 Å². The van der Waals surface area contributed by atoms with Gasteiger partial charge in [0, 0.05) is 5.02 Å². The van der Waals surface area contributed by atoms with Crippen molar-refractivity contribution in [1.82, 2.24) is 10.2 Å². The van der Waals surface area contributed by atoms with E-state index in [0.29, 0.717) is 5.52 Å². The number of H-pyrrole nitrogens is 1. The number of fused-ring (bicyclic) bond motifs is 1. The van der Waals surface area contributed by atoms with Crippen molar-refractivity contribution < 1.29 is 64.3 Å². The molecule has 8 heteroatoms. The van der Waals surface area contributed by atoms with Crippen LogP contribution in [0.1, 0.15) is 0 Å². The average molecular weight is 258 g/mol. The van der Waals surface area contributed by atoms with Gasteiger partial charge < -0.3 is 12.9 Å². The van der Waals surface area contributed by atoms with Crippen molar-refractivity contribution in [1.29, 1.82) is 0 Å². The minimum Gasteiger partial charge on any atom is -0.445 e. The van der Waals surface area contributed by atoms with Crippen LogP contribution in [0.4, 0.5) is 12.9 Å². The van der Waals surface area contributed by atoms with Crippen molar-refractivity contribution in [2.75, 3.05) is 0 Å². The maximum Gasteiger partial charge on any atom is 1.00 e. The molecule has 1 N–H and O–H groups in total. The van der Waals surface area contributed by atoms with Crippen LogP contribution in [-0.4, -0.2) is 17.2 Å². The second-order valence-corrected chi connectivity index (χ2v) is 3.27. The van der Waals surface area contributed by atoms with Crippen LogP contribution in [0.5, 0.6) is 0 Å². The molecule has 0 atom stereocenters. The Morgan fingerprint density at radius 2 is 1.93 bits per heavy atom. The molecule has 1 heterocycles. The SMILES string of the molecule is F[B-](F)(F)c1c(Cl)ccc2[nH]ncc12.[K+]. The van der Waals surface area contributed by atoms with Crippen LogP contribution in [-0.2, 0) is 0 Å². The van der Waals surface area contributed by atoms with Gasteiger partial charge in [-0.2, -0.15) is 5.10 Å². The molecule has 0 saturated carbocycles. The van der Waals surface area contributed by atoms with Gasteiger partial charge in [0.2, 0.25) is 0 Å². The molecule has 0 unspecified atom stereocenters. The van der Waals surface area contributed by atoms with Gasteiger partial charge >= 0.3 is 58.4 Å². The largest absolute Gasteiger partial charge is 1.00 e. The topological polar surface area (TPSA) is 28.7 Å². The van der Waals surface area contributed by atoms with Crippen LogP contribution in [0.25, 0.3) is 10.9 Å². The standard InChI is InChI=1S/C7H4BClF3N2.K/c9-5-1-2-6-4(3-13-14-6)7(5)8(10,11)12;/h1-3H,(H,13,14);/q-1;+1. The van der Waals surface area contributed by atoms with Gasteiger partial charge in [-0.1, -0.05) is 17.1 Å². The molecule has 15 heavy (non-hydrogen) atoms. The van der Waals surface area contributed by atoms with E-state index < -0.39 is 12.4 Å². The fourth-order valence-corrected chi connectivity index (χ4v) is 1.63. The number of aromatic nitrogens is 2. The molecular formula is C7H4BClF3KN2. The molecule has 2 nitrogen and oxygen atoms in total. The number of hydrogen-bond acceptors (Lipinski definition) is 1. The van der Waals surface area contributed by atoms with Gasteiger partial charge in [-0.05, 0) is 17.5 Å². The third-order valence-corrected chi connectivity index (χ3v) is 2.27. The number of halogens is 4. The Morgan fingerprint density at radius 3 is 2.53 bits per heavy atom. The number of nitrogens with zero attached hydrogens (tertiary/aromatic N) is 1. The third kappa shape index (κ3) is 2.59. The van der Waals surface area contributed by atoms with Crippen molar-refractivity contribution in [3.05, 3.63) is 23.4 Å². The number of nitrogens with one attached hydrogen (secondary N) is 1. The molecule has 0 aliphatic carbocycles. The van der Waals surface area contributed by atoms with Crippen LogP contribution in [0.15, 0.2) is 18.3 Å². The molecule has 0 radical (unpaired) electrons. The van der Waals surface area contributed by atoms with E-state index in [1.54, 1.807) is 0 Å². The quantitative estimate of drug-likeness (QED) is 0.672. The molecule has 1 aromatic heterocycles. The van der Waals surface area contributed by atoms with Gasteiger partial charge in [-0.25, -0.2) is 0 Å². The third-order valence-electron chi connectivity index (χ3n) is 1.94. The van der Waals surface area contributed by atoms with Crippen LogP contribution >= 0.6 is 11.6 Å². The van der Waals surface area contributed by atoms with Crippen LogP contribution in [0.3, 0.4) is 0 Å². The summed E-state index contributed by atoms with van der Waals surface area (Å²) in [5, 5.41) is 5.74. The smallest absolute Gasteiger partial charge is 0.445 e. The zero-order valence-corrected chi connectivity index (χ0v) is 11.6. The molecule has 74 valence electrons. The summed E-state index contributed by atoms with van der Waals surface area (Å²) in [6.45, 7) is -5.11. The summed E-state index contributed by atoms with van der Waals surface area (Å²) < 4.78 is 37.8. The van der Waals surface area contributed by atoms with E-state index in [2.05, 4.69) is 10.2 Å². The number of hydrogen-bond donors (Lipinski definition) is 1. The molecule has 0 fully saturated rings. The molecule has 0 saturated heterocycles. The van der Waals surface area contributed by atoms with E-state index in [1.807, 2.05) is 0 Å². The second kappa shape index (κ2) is 4.77. The van der Waals surface area contributed by atoms with Gasteiger partial charge in [0.1, 0.15) is 0 Å². The number of rotatable bonds is 1.